The predicted molar refractivity (Wildman–Crippen MR) is 92.6 cm³/mol. The number of hydrogen-bond acceptors (Lipinski definition) is 2. The van der Waals surface area contributed by atoms with E-state index < -0.39 is 0 Å². The summed E-state index contributed by atoms with van der Waals surface area (Å²) in [6.07, 6.45) is 12.1. The van der Waals surface area contributed by atoms with Crippen LogP contribution >= 0.6 is 0 Å². The van der Waals surface area contributed by atoms with Crippen molar-refractivity contribution in [1.82, 2.24) is 0 Å². The van der Waals surface area contributed by atoms with Crippen molar-refractivity contribution in [2.75, 3.05) is 0 Å². The van der Waals surface area contributed by atoms with E-state index >= 15 is 0 Å². The molecule has 2 rings (SSSR count). The molecule has 0 saturated heterocycles. The van der Waals surface area contributed by atoms with Gasteiger partial charge in [-0.05, 0) is 75.4 Å². The molecule has 2 unspecified atom stereocenters. The summed E-state index contributed by atoms with van der Waals surface area (Å²) in [5.41, 5.74) is 4.40. The Labute approximate surface area is 134 Å². The molecule has 2 aliphatic carbocycles. The van der Waals surface area contributed by atoms with E-state index in [0.717, 1.165) is 62.2 Å². The first-order chi connectivity index (χ1) is 10.5. The maximum absolute atomic E-state index is 10.3. The molecule has 22 heavy (non-hydrogen) atoms. The molecule has 0 amide bonds. The number of carbonyl (C=O) groups excluding carboxylic acids is 2. The molecular weight excluding hydrogens is 272 g/mol. The van der Waals surface area contributed by atoms with Crippen LogP contribution in [-0.4, -0.2) is 12.6 Å². The maximum atomic E-state index is 10.3. The van der Waals surface area contributed by atoms with Crippen LogP contribution in [0.25, 0.3) is 0 Å². The Kier molecular flexibility index (Phi) is 7.79. The van der Waals surface area contributed by atoms with Crippen LogP contribution < -0.4 is 0 Å². The highest BCUT2D eigenvalue weighted by molar-refractivity contribution is 5.73. The SMILES string of the molecule is C=C(C)C1CC=C(C=O)CC1.C=C(C)C1CC=C(C=O)CC1. The van der Waals surface area contributed by atoms with Crippen LogP contribution in [0.5, 0.6) is 0 Å². The normalized spacial score (nSPS) is 24.1. The third kappa shape index (κ3) is 5.97. The summed E-state index contributed by atoms with van der Waals surface area (Å²) in [5, 5.41) is 0. The molecule has 0 spiro atoms. The summed E-state index contributed by atoms with van der Waals surface area (Å²) in [6, 6.07) is 0. The van der Waals surface area contributed by atoms with Gasteiger partial charge in [-0.2, -0.15) is 0 Å². The molecule has 2 aliphatic rings. The smallest absolute Gasteiger partial charge is 0.145 e. The highest BCUT2D eigenvalue weighted by Gasteiger charge is 2.14. The fraction of sp³-hybridized carbons (Fsp3) is 0.500. The molecule has 0 N–H and O–H groups in total. The van der Waals surface area contributed by atoms with Crippen LogP contribution in [0.4, 0.5) is 0 Å². The highest BCUT2D eigenvalue weighted by atomic mass is 16.1. The first-order valence-electron chi connectivity index (χ1n) is 8.07. The largest absolute Gasteiger partial charge is 0.298 e. The molecule has 0 saturated carbocycles. The van der Waals surface area contributed by atoms with Crippen LogP contribution in [0.3, 0.4) is 0 Å². The van der Waals surface area contributed by atoms with Crippen molar-refractivity contribution in [3.05, 3.63) is 47.6 Å². The van der Waals surface area contributed by atoms with Crippen LogP contribution in [-0.2, 0) is 9.59 Å². The van der Waals surface area contributed by atoms with Crippen LogP contribution in [0.15, 0.2) is 47.6 Å². The van der Waals surface area contributed by atoms with Gasteiger partial charge in [0.15, 0.2) is 0 Å². The van der Waals surface area contributed by atoms with Crippen molar-refractivity contribution < 1.29 is 9.59 Å². The molecule has 0 radical (unpaired) electrons. The predicted octanol–water partition coefficient (Wildman–Crippen LogP) is 4.98. The molecule has 0 heterocycles. The van der Waals surface area contributed by atoms with Gasteiger partial charge in [0.2, 0.25) is 0 Å². The molecule has 0 aromatic rings. The number of allylic oxidation sites excluding steroid dienone is 6. The third-order valence-electron chi connectivity index (χ3n) is 4.59. The molecule has 0 aliphatic heterocycles. The number of aldehydes is 2. The van der Waals surface area contributed by atoms with Crippen molar-refractivity contribution in [3.63, 3.8) is 0 Å². The van der Waals surface area contributed by atoms with Gasteiger partial charge in [-0.15, -0.1) is 0 Å². The molecule has 0 aromatic carbocycles. The average Bonchev–Trinajstić information content (AvgIpc) is 2.55. The van der Waals surface area contributed by atoms with E-state index in [1.54, 1.807) is 0 Å². The van der Waals surface area contributed by atoms with E-state index in [0.29, 0.717) is 11.8 Å². The molecule has 120 valence electrons. The lowest BCUT2D eigenvalue weighted by Gasteiger charge is -2.19. The van der Waals surface area contributed by atoms with Crippen LogP contribution in [0, 0.1) is 11.8 Å². The zero-order valence-electron chi connectivity index (χ0n) is 13.9. The van der Waals surface area contributed by atoms with Gasteiger partial charge in [0.25, 0.3) is 0 Å². The third-order valence-corrected chi connectivity index (χ3v) is 4.59. The molecule has 0 bridgehead atoms. The molecular formula is C20H28O2. The van der Waals surface area contributed by atoms with Gasteiger partial charge in [-0.25, -0.2) is 0 Å². The summed E-state index contributed by atoms with van der Waals surface area (Å²) < 4.78 is 0. The minimum absolute atomic E-state index is 0.610. The van der Waals surface area contributed by atoms with E-state index in [-0.39, 0.29) is 0 Å². The van der Waals surface area contributed by atoms with Crippen molar-refractivity contribution in [1.29, 1.82) is 0 Å². The van der Waals surface area contributed by atoms with E-state index in [4.69, 9.17) is 0 Å². The van der Waals surface area contributed by atoms with E-state index in [1.165, 1.54) is 11.1 Å². The Balaban J connectivity index is 0.000000220. The van der Waals surface area contributed by atoms with E-state index in [2.05, 4.69) is 27.0 Å². The van der Waals surface area contributed by atoms with Gasteiger partial charge < -0.3 is 0 Å². The summed E-state index contributed by atoms with van der Waals surface area (Å²) >= 11 is 0. The van der Waals surface area contributed by atoms with Gasteiger partial charge in [0.05, 0.1) is 0 Å². The monoisotopic (exact) mass is 300 g/mol. The second kappa shape index (κ2) is 9.34. The molecule has 2 heteroatoms. The van der Waals surface area contributed by atoms with E-state index in [9.17, 15) is 9.59 Å². The number of hydrogen-bond donors (Lipinski definition) is 0. The van der Waals surface area contributed by atoms with E-state index in [1.807, 2.05) is 12.2 Å². The Morgan fingerprint density at radius 2 is 1.27 bits per heavy atom. The molecule has 0 aromatic heterocycles. The standard InChI is InChI=1S/2C10H14O/c2*1-8(2)10-5-3-9(7-11)4-6-10/h2*3,7,10H,1,4-6H2,2H3. The van der Waals surface area contributed by atoms with Gasteiger partial charge in [-0.3, -0.25) is 9.59 Å². The Morgan fingerprint density at radius 1 is 0.909 bits per heavy atom. The topological polar surface area (TPSA) is 34.1 Å². The highest BCUT2D eigenvalue weighted by Crippen LogP contribution is 2.27. The Morgan fingerprint density at radius 3 is 1.45 bits per heavy atom. The Bertz CT molecular complexity index is 448. The van der Waals surface area contributed by atoms with Gasteiger partial charge >= 0.3 is 0 Å². The fourth-order valence-corrected chi connectivity index (χ4v) is 2.82. The lowest BCUT2D eigenvalue weighted by molar-refractivity contribution is -0.105. The lowest BCUT2D eigenvalue weighted by Crippen LogP contribution is -2.06. The summed E-state index contributed by atoms with van der Waals surface area (Å²) in [6.45, 7) is 11.9. The van der Waals surface area contributed by atoms with Crippen molar-refractivity contribution in [2.45, 2.75) is 52.4 Å². The Hall–Kier alpha value is -1.70. The van der Waals surface area contributed by atoms with Crippen molar-refractivity contribution >= 4 is 12.6 Å². The van der Waals surface area contributed by atoms with Gasteiger partial charge in [-0.1, -0.05) is 36.5 Å². The van der Waals surface area contributed by atoms with Crippen LogP contribution in [0.1, 0.15) is 52.4 Å². The van der Waals surface area contributed by atoms with Crippen molar-refractivity contribution in [3.8, 4) is 0 Å². The fourth-order valence-electron chi connectivity index (χ4n) is 2.82. The molecule has 2 atom stereocenters. The summed E-state index contributed by atoms with van der Waals surface area (Å²) in [5.74, 6) is 1.22. The second-order valence-corrected chi connectivity index (χ2v) is 6.43. The van der Waals surface area contributed by atoms with Crippen molar-refractivity contribution in [2.24, 2.45) is 11.8 Å². The maximum Gasteiger partial charge on any atom is 0.145 e. The number of carbonyl (C=O) groups is 2. The summed E-state index contributed by atoms with van der Waals surface area (Å²) in [4.78, 5) is 20.7. The van der Waals surface area contributed by atoms with Gasteiger partial charge in [0.1, 0.15) is 12.6 Å². The first kappa shape index (κ1) is 18.3. The number of rotatable bonds is 4. The van der Waals surface area contributed by atoms with Gasteiger partial charge in [0, 0.05) is 0 Å². The average molecular weight is 300 g/mol. The van der Waals surface area contributed by atoms with Crippen LogP contribution in [0.2, 0.25) is 0 Å². The zero-order valence-corrected chi connectivity index (χ0v) is 13.9. The minimum atomic E-state index is 0.610. The quantitative estimate of drug-likeness (QED) is 0.542. The minimum Gasteiger partial charge on any atom is -0.298 e. The molecule has 0 fully saturated rings. The lowest BCUT2D eigenvalue weighted by atomic mass is 9.86. The zero-order chi connectivity index (χ0) is 16.5. The second-order valence-electron chi connectivity index (χ2n) is 6.43. The molecule has 2 nitrogen and oxygen atoms in total. The first-order valence-corrected chi connectivity index (χ1v) is 8.07. The summed E-state index contributed by atoms with van der Waals surface area (Å²) in [7, 11) is 0.